The maximum atomic E-state index is 11.0. The molecule has 4 N–H and O–H groups in total. The Morgan fingerprint density at radius 1 is 1.18 bits per heavy atom. The first-order chi connectivity index (χ1) is 8.04. The van der Waals surface area contributed by atoms with Crippen molar-refractivity contribution in [2.24, 2.45) is 17.6 Å². The molecule has 0 bridgehead atoms. The van der Waals surface area contributed by atoms with Gasteiger partial charge in [0.25, 0.3) is 0 Å². The van der Waals surface area contributed by atoms with Crippen molar-refractivity contribution in [3.63, 3.8) is 0 Å². The van der Waals surface area contributed by atoms with Crippen LogP contribution in [0.1, 0.15) is 11.5 Å². The van der Waals surface area contributed by atoms with Crippen molar-refractivity contribution >= 4 is 11.9 Å². The first-order valence-corrected chi connectivity index (χ1v) is 5.30. The summed E-state index contributed by atoms with van der Waals surface area (Å²) in [6.07, 6.45) is 0. The number of nitrogens with two attached hydrogens (primary N) is 1. The molecule has 1 aromatic rings. The van der Waals surface area contributed by atoms with Gasteiger partial charge in [0.05, 0.1) is 5.92 Å². The summed E-state index contributed by atoms with van der Waals surface area (Å²) in [4.78, 5) is 21.8. The van der Waals surface area contributed by atoms with Gasteiger partial charge in [-0.25, -0.2) is 0 Å². The third kappa shape index (κ3) is 2.01. The minimum atomic E-state index is -1.15. The molecule has 2 rings (SSSR count). The van der Waals surface area contributed by atoms with Crippen molar-refractivity contribution in [2.75, 3.05) is 0 Å². The van der Waals surface area contributed by atoms with Gasteiger partial charge in [-0.3, -0.25) is 9.59 Å². The summed E-state index contributed by atoms with van der Waals surface area (Å²) in [5.41, 5.74) is 6.35. The zero-order chi connectivity index (χ0) is 12.6. The van der Waals surface area contributed by atoms with E-state index in [1.165, 1.54) is 0 Å². The summed E-state index contributed by atoms with van der Waals surface area (Å²) in [6, 6.07) is 7.91. The molecule has 0 heterocycles. The molecule has 0 saturated heterocycles. The van der Waals surface area contributed by atoms with E-state index >= 15 is 0 Å². The molecule has 1 aliphatic carbocycles. The number of carboxylic acids is 2. The van der Waals surface area contributed by atoms with E-state index in [1.54, 1.807) is 24.3 Å². The number of hydrogen-bond acceptors (Lipinski definition) is 3. The average Bonchev–Trinajstić information content (AvgIpc) is 3.04. The fraction of sp³-hybridized carbons (Fsp3) is 0.333. The predicted molar refractivity (Wildman–Crippen MR) is 59.4 cm³/mol. The normalized spacial score (nSPS) is 28.4. The second-order valence-electron chi connectivity index (χ2n) is 4.24. The summed E-state index contributed by atoms with van der Waals surface area (Å²) in [6.45, 7) is 0. The molecule has 2 unspecified atom stereocenters. The Bertz CT molecular complexity index is 445. The van der Waals surface area contributed by atoms with Crippen LogP contribution < -0.4 is 5.73 Å². The Hall–Kier alpha value is -1.88. The number of carboxylic acid groups (broad SMARTS) is 2. The van der Waals surface area contributed by atoms with Crippen molar-refractivity contribution in [2.45, 2.75) is 12.0 Å². The second kappa shape index (κ2) is 4.18. The van der Waals surface area contributed by atoms with Crippen LogP contribution in [0.15, 0.2) is 30.3 Å². The van der Waals surface area contributed by atoms with Crippen LogP contribution >= 0.6 is 0 Å². The molecular formula is C12H13NO4. The highest BCUT2D eigenvalue weighted by atomic mass is 16.4. The highest BCUT2D eigenvalue weighted by Crippen LogP contribution is 2.55. The quantitative estimate of drug-likeness (QED) is 0.706. The third-order valence-corrected chi connectivity index (χ3v) is 3.24. The summed E-state index contributed by atoms with van der Waals surface area (Å²) >= 11 is 0. The average molecular weight is 235 g/mol. The molecular weight excluding hydrogens is 222 g/mol. The zero-order valence-corrected chi connectivity index (χ0v) is 8.98. The van der Waals surface area contributed by atoms with E-state index in [0.717, 1.165) is 5.56 Å². The van der Waals surface area contributed by atoms with E-state index in [2.05, 4.69) is 0 Å². The fourth-order valence-corrected chi connectivity index (χ4v) is 2.37. The monoisotopic (exact) mass is 235 g/mol. The first-order valence-electron chi connectivity index (χ1n) is 5.30. The Balaban J connectivity index is 2.23. The lowest BCUT2D eigenvalue weighted by molar-refractivity contribution is -0.140. The van der Waals surface area contributed by atoms with Crippen LogP contribution in [0.5, 0.6) is 0 Å². The molecule has 5 nitrogen and oxygen atoms in total. The molecule has 90 valence electrons. The molecule has 0 radical (unpaired) electrons. The number of hydrogen-bond donors (Lipinski definition) is 3. The van der Waals surface area contributed by atoms with Crippen LogP contribution in [0.4, 0.5) is 0 Å². The smallest absolute Gasteiger partial charge is 0.320 e. The molecule has 0 aliphatic heterocycles. The van der Waals surface area contributed by atoms with Crippen LogP contribution in [-0.4, -0.2) is 28.2 Å². The molecule has 1 saturated carbocycles. The van der Waals surface area contributed by atoms with Crippen molar-refractivity contribution in [3.8, 4) is 0 Å². The van der Waals surface area contributed by atoms with Gasteiger partial charge in [-0.1, -0.05) is 30.3 Å². The summed E-state index contributed by atoms with van der Waals surface area (Å²) in [7, 11) is 0. The molecule has 1 fully saturated rings. The lowest BCUT2D eigenvalue weighted by atomic mass is 10.1. The maximum Gasteiger partial charge on any atom is 0.320 e. The van der Waals surface area contributed by atoms with E-state index < -0.39 is 29.8 Å². The summed E-state index contributed by atoms with van der Waals surface area (Å²) < 4.78 is 0. The van der Waals surface area contributed by atoms with Crippen LogP contribution in [0.3, 0.4) is 0 Å². The van der Waals surface area contributed by atoms with Gasteiger partial charge in [-0.2, -0.15) is 0 Å². The minimum Gasteiger partial charge on any atom is -0.481 e. The molecule has 0 amide bonds. The summed E-state index contributed by atoms with van der Waals surface area (Å²) in [5, 5.41) is 17.9. The van der Waals surface area contributed by atoms with E-state index in [1.807, 2.05) is 6.07 Å². The highest BCUT2D eigenvalue weighted by molar-refractivity contribution is 5.81. The fourth-order valence-electron chi connectivity index (χ4n) is 2.37. The van der Waals surface area contributed by atoms with Crippen molar-refractivity contribution in [1.82, 2.24) is 0 Å². The first kappa shape index (κ1) is 11.6. The molecule has 1 aromatic carbocycles. The minimum absolute atomic E-state index is 0.292. The number of benzene rings is 1. The second-order valence-corrected chi connectivity index (χ2v) is 4.24. The standard InChI is InChI=1S/C12H13NO4/c13-10(12(16)17)8-7(9(8)11(14)15)6-4-2-1-3-5-6/h1-5,7-10H,13H2,(H,14,15)(H,16,17)/t7-,8?,9+,10?/m1/s1. The largest absolute Gasteiger partial charge is 0.481 e. The summed E-state index contributed by atoms with van der Waals surface area (Å²) in [5.74, 6) is -3.64. The van der Waals surface area contributed by atoms with Gasteiger partial charge in [-0.15, -0.1) is 0 Å². The molecule has 4 atom stereocenters. The van der Waals surface area contributed by atoms with Gasteiger partial charge in [0.2, 0.25) is 0 Å². The van der Waals surface area contributed by atoms with Crippen LogP contribution in [0, 0.1) is 11.8 Å². The van der Waals surface area contributed by atoms with E-state index in [9.17, 15) is 9.59 Å². The van der Waals surface area contributed by atoms with Crippen LogP contribution in [0.25, 0.3) is 0 Å². The Morgan fingerprint density at radius 3 is 2.24 bits per heavy atom. The Morgan fingerprint density at radius 2 is 1.76 bits per heavy atom. The molecule has 0 aromatic heterocycles. The van der Waals surface area contributed by atoms with E-state index in [0.29, 0.717) is 0 Å². The molecule has 0 spiro atoms. The predicted octanol–water partition coefficient (Wildman–Crippen LogP) is 0.513. The van der Waals surface area contributed by atoms with Gasteiger partial charge in [0, 0.05) is 11.8 Å². The molecule has 1 aliphatic rings. The van der Waals surface area contributed by atoms with Crippen molar-refractivity contribution in [1.29, 1.82) is 0 Å². The lowest BCUT2D eigenvalue weighted by Crippen LogP contribution is -2.33. The van der Waals surface area contributed by atoms with Gasteiger partial charge >= 0.3 is 11.9 Å². The van der Waals surface area contributed by atoms with Crippen molar-refractivity contribution < 1.29 is 19.8 Å². The number of carbonyl (C=O) groups is 2. The van der Waals surface area contributed by atoms with Gasteiger partial charge in [0.15, 0.2) is 0 Å². The van der Waals surface area contributed by atoms with E-state index in [4.69, 9.17) is 15.9 Å². The lowest BCUT2D eigenvalue weighted by Gasteiger charge is -2.04. The van der Waals surface area contributed by atoms with Gasteiger partial charge in [0.1, 0.15) is 6.04 Å². The molecule has 5 heteroatoms. The third-order valence-electron chi connectivity index (χ3n) is 3.24. The molecule has 17 heavy (non-hydrogen) atoms. The SMILES string of the molecule is NC(C(=O)O)C1[C@@H](C(=O)O)[C@@H]1c1ccccc1. The number of aliphatic carboxylic acids is 2. The van der Waals surface area contributed by atoms with Crippen LogP contribution in [0.2, 0.25) is 0 Å². The van der Waals surface area contributed by atoms with Crippen LogP contribution in [-0.2, 0) is 9.59 Å². The topological polar surface area (TPSA) is 101 Å². The van der Waals surface area contributed by atoms with E-state index in [-0.39, 0.29) is 5.92 Å². The Kier molecular flexibility index (Phi) is 2.85. The maximum absolute atomic E-state index is 11.0. The zero-order valence-electron chi connectivity index (χ0n) is 8.98. The van der Waals surface area contributed by atoms with Gasteiger partial charge in [-0.05, 0) is 5.56 Å². The van der Waals surface area contributed by atoms with Crippen molar-refractivity contribution in [3.05, 3.63) is 35.9 Å². The van der Waals surface area contributed by atoms with Gasteiger partial charge < -0.3 is 15.9 Å². The number of rotatable bonds is 4. The Labute approximate surface area is 97.9 Å². The highest BCUT2D eigenvalue weighted by Gasteiger charge is 2.59.